The normalized spacial score (nSPS) is 13.0. The first-order chi connectivity index (χ1) is 15.9. The van der Waals surface area contributed by atoms with Gasteiger partial charge >= 0.3 is 5.97 Å². The van der Waals surface area contributed by atoms with E-state index in [9.17, 15) is 9.36 Å². The third kappa shape index (κ3) is 6.96. The SMILES string of the molecule is CCOC(=O)CNP(=O)(COCCn1cnc2c(OC)nc(N)nc21)OCc1ccccc1. The molecule has 0 aliphatic rings. The smallest absolute Gasteiger partial charge is 0.320 e. The molecule has 2 aromatic heterocycles. The predicted octanol–water partition coefficient (Wildman–Crippen LogP) is 1.95. The van der Waals surface area contributed by atoms with Crippen LogP contribution >= 0.6 is 7.52 Å². The van der Waals surface area contributed by atoms with Crippen molar-refractivity contribution in [3.8, 4) is 5.88 Å². The summed E-state index contributed by atoms with van der Waals surface area (Å²) >= 11 is 0. The zero-order valence-corrected chi connectivity index (χ0v) is 19.4. The van der Waals surface area contributed by atoms with Gasteiger partial charge in [0, 0.05) is 6.54 Å². The molecule has 1 atom stereocenters. The molecular formula is C20H27N6O6P. The lowest BCUT2D eigenvalue weighted by atomic mass is 10.2. The Balaban J connectivity index is 1.60. The average Bonchev–Trinajstić information content (AvgIpc) is 3.22. The molecule has 0 fully saturated rings. The fourth-order valence-corrected chi connectivity index (χ4v) is 4.22. The number of nitrogen functional groups attached to an aromatic ring is 1. The van der Waals surface area contributed by atoms with Gasteiger partial charge in [0.2, 0.25) is 11.8 Å². The number of anilines is 1. The number of hydrogen-bond acceptors (Lipinski definition) is 10. The standard InChI is InChI=1S/C20H27N6O6P/c1-3-31-16(27)11-23-33(28,32-12-15-7-5-4-6-8-15)14-30-10-9-26-13-22-17-18(26)24-20(21)25-19(17)29-2/h4-8,13H,3,9-12,14H2,1-2H3,(H,23,28)(H2,21,24,25). The molecule has 3 aromatic rings. The van der Waals surface area contributed by atoms with Gasteiger partial charge in [-0.3, -0.25) is 9.36 Å². The predicted molar refractivity (Wildman–Crippen MR) is 121 cm³/mol. The number of aromatic nitrogens is 4. The highest BCUT2D eigenvalue weighted by Gasteiger charge is 2.25. The molecule has 33 heavy (non-hydrogen) atoms. The van der Waals surface area contributed by atoms with Crippen LogP contribution in [0.4, 0.5) is 5.95 Å². The first-order valence-electron chi connectivity index (χ1n) is 10.2. The maximum Gasteiger partial charge on any atom is 0.320 e. The second-order valence-electron chi connectivity index (χ2n) is 6.81. The van der Waals surface area contributed by atoms with Crippen LogP contribution < -0.4 is 15.6 Å². The molecule has 3 rings (SSSR count). The maximum atomic E-state index is 13.3. The quantitative estimate of drug-likeness (QED) is 0.211. The summed E-state index contributed by atoms with van der Waals surface area (Å²) in [5.41, 5.74) is 7.53. The highest BCUT2D eigenvalue weighted by Crippen LogP contribution is 2.43. The number of nitrogens with one attached hydrogen (secondary N) is 1. The maximum absolute atomic E-state index is 13.3. The van der Waals surface area contributed by atoms with Gasteiger partial charge in [-0.1, -0.05) is 30.3 Å². The number of benzene rings is 1. The van der Waals surface area contributed by atoms with Crippen LogP contribution in [0, 0.1) is 0 Å². The van der Waals surface area contributed by atoms with Crippen molar-refractivity contribution in [2.45, 2.75) is 20.1 Å². The minimum Gasteiger partial charge on any atom is -0.479 e. The van der Waals surface area contributed by atoms with Gasteiger partial charge < -0.3 is 29.0 Å². The van der Waals surface area contributed by atoms with Gasteiger partial charge in [-0.05, 0) is 12.5 Å². The molecule has 0 radical (unpaired) electrons. The van der Waals surface area contributed by atoms with E-state index >= 15 is 0 Å². The van der Waals surface area contributed by atoms with E-state index in [1.807, 2.05) is 30.3 Å². The highest BCUT2D eigenvalue weighted by atomic mass is 31.2. The number of methoxy groups -OCH3 is 1. The van der Waals surface area contributed by atoms with Gasteiger partial charge in [0.25, 0.3) is 7.52 Å². The Morgan fingerprint density at radius 1 is 1.24 bits per heavy atom. The Kier molecular flexibility index (Phi) is 8.72. The van der Waals surface area contributed by atoms with E-state index in [1.54, 1.807) is 17.8 Å². The molecule has 0 aliphatic carbocycles. The van der Waals surface area contributed by atoms with Crippen molar-refractivity contribution in [1.82, 2.24) is 24.6 Å². The molecule has 3 N–H and O–H groups in total. The van der Waals surface area contributed by atoms with E-state index in [1.165, 1.54) is 7.11 Å². The number of hydrogen-bond donors (Lipinski definition) is 2. The van der Waals surface area contributed by atoms with Gasteiger partial charge in [-0.2, -0.15) is 9.97 Å². The minimum absolute atomic E-state index is 0.0593. The topological polar surface area (TPSA) is 153 Å². The van der Waals surface area contributed by atoms with E-state index in [0.717, 1.165) is 5.56 Å². The van der Waals surface area contributed by atoms with Crippen molar-refractivity contribution < 1.29 is 28.1 Å². The van der Waals surface area contributed by atoms with Crippen LogP contribution in [-0.2, 0) is 36.5 Å². The van der Waals surface area contributed by atoms with Crippen LogP contribution in [0.3, 0.4) is 0 Å². The average molecular weight is 478 g/mol. The Bertz CT molecular complexity index is 1110. The molecule has 0 amide bonds. The summed E-state index contributed by atoms with van der Waals surface area (Å²) in [5, 5.41) is 2.66. The molecule has 1 unspecified atom stereocenters. The van der Waals surface area contributed by atoms with Gasteiger partial charge in [-0.25, -0.2) is 10.1 Å². The number of esters is 1. The van der Waals surface area contributed by atoms with Crippen molar-refractivity contribution in [2.24, 2.45) is 0 Å². The number of nitrogens with zero attached hydrogens (tertiary/aromatic N) is 4. The largest absolute Gasteiger partial charge is 0.479 e. The van der Waals surface area contributed by atoms with Gasteiger partial charge in [-0.15, -0.1) is 0 Å². The summed E-state index contributed by atoms with van der Waals surface area (Å²) in [5.74, 6) is -0.194. The third-order valence-electron chi connectivity index (χ3n) is 4.43. The molecule has 0 spiro atoms. The van der Waals surface area contributed by atoms with Crippen LogP contribution in [0.1, 0.15) is 12.5 Å². The lowest BCUT2D eigenvalue weighted by molar-refractivity contribution is -0.141. The Labute approximate surface area is 190 Å². The summed E-state index contributed by atoms with van der Waals surface area (Å²) in [4.78, 5) is 24.1. The van der Waals surface area contributed by atoms with Crippen LogP contribution in [0.15, 0.2) is 36.7 Å². The van der Waals surface area contributed by atoms with E-state index in [4.69, 9.17) is 24.5 Å². The fraction of sp³-hybridized carbons (Fsp3) is 0.400. The van der Waals surface area contributed by atoms with Crippen molar-refractivity contribution in [1.29, 1.82) is 0 Å². The van der Waals surface area contributed by atoms with Gasteiger partial charge in [0.15, 0.2) is 11.2 Å². The number of fused-ring (bicyclic) bond motifs is 1. The van der Waals surface area contributed by atoms with Crippen molar-refractivity contribution in [3.05, 3.63) is 42.2 Å². The molecule has 0 bridgehead atoms. The van der Waals surface area contributed by atoms with E-state index < -0.39 is 13.5 Å². The third-order valence-corrected chi connectivity index (χ3v) is 6.14. The summed E-state index contributed by atoms with van der Waals surface area (Å²) in [6.45, 7) is 2.29. The Morgan fingerprint density at radius 2 is 2.03 bits per heavy atom. The lowest BCUT2D eigenvalue weighted by Gasteiger charge is -2.19. The summed E-state index contributed by atoms with van der Waals surface area (Å²) < 4.78 is 36.3. The van der Waals surface area contributed by atoms with Crippen LogP contribution in [0.2, 0.25) is 0 Å². The second kappa shape index (κ2) is 11.7. The Hall–Kier alpha value is -3.05. The van der Waals surface area contributed by atoms with Crippen molar-refractivity contribution in [2.75, 3.05) is 38.9 Å². The zero-order valence-electron chi connectivity index (χ0n) is 18.5. The number of carbonyl (C=O) groups is 1. The van der Waals surface area contributed by atoms with Crippen LogP contribution in [-0.4, -0.2) is 58.7 Å². The number of ether oxygens (including phenoxy) is 3. The zero-order chi connectivity index (χ0) is 23.7. The molecule has 13 heteroatoms. The molecule has 0 saturated heterocycles. The van der Waals surface area contributed by atoms with Crippen molar-refractivity contribution >= 4 is 30.6 Å². The molecule has 1 aromatic carbocycles. The second-order valence-corrected chi connectivity index (χ2v) is 8.99. The number of carbonyl (C=O) groups excluding carboxylic acids is 1. The molecular weight excluding hydrogens is 451 g/mol. The molecule has 2 heterocycles. The summed E-state index contributed by atoms with van der Waals surface area (Å²) in [6.07, 6.45) is 1.32. The summed E-state index contributed by atoms with van der Waals surface area (Å²) in [7, 11) is -2.03. The van der Waals surface area contributed by atoms with Crippen molar-refractivity contribution in [3.63, 3.8) is 0 Å². The van der Waals surface area contributed by atoms with Gasteiger partial charge in [0.05, 0.1) is 33.3 Å². The lowest BCUT2D eigenvalue weighted by Crippen LogP contribution is -2.25. The fourth-order valence-electron chi connectivity index (χ4n) is 2.87. The molecule has 0 saturated carbocycles. The molecule has 178 valence electrons. The van der Waals surface area contributed by atoms with Crippen LogP contribution in [0.25, 0.3) is 11.2 Å². The van der Waals surface area contributed by atoms with Gasteiger partial charge in [0.1, 0.15) is 12.9 Å². The van der Waals surface area contributed by atoms with E-state index in [2.05, 4.69) is 20.0 Å². The highest BCUT2D eigenvalue weighted by molar-refractivity contribution is 7.56. The van der Waals surface area contributed by atoms with E-state index in [0.29, 0.717) is 17.7 Å². The first kappa shape index (κ1) is 24.6. The minimum atomic E-state index is -3.50. The van der Waals surface area contributed by atoms with Crippen LogP contribution in [0.5, 0.6) is 5.88 Å². The summed E-state index contributed by atoms with van der Waals surface area (Å²) in [6, 6.07) is 9.28. The number of imidazole rings is 1. The first-order valence-corrected chi connectivity index (χ1v) is 12.0. The molecule has 0 aliphatic heterocycles. The Morgan fingerprint density at radius 3 is 2.76 bits per heavy atom. The number of nitrogens with two attached hydrogens (primary N) is 1. The monoisotopic (exact) mass is 478 g/mol. The number of rotatable bonds is 13. The van der Waals surface area contributed by atoms with E-state index in [-0.39, 0.29) is 44.5 Å². The molecule has 12 nitrogen and oxygen atoms in total.